The van der Waals surface area contributed by atoms with Crippen molar-refractivity contribution in [1.82, 2.24) is 20.1 Å². The monoisotopic (exact) mass is 462 g/mol. The van der Waals surface area contributed by atoms with E-state index in [1.807, 2.05) is 13.0 Å². The van der Waals surface area contributed by atoms with Gasteiger partial charge in [-0.3, -0.25) is 14.9 Å². The summed E-state index contributed by atoms with van der Waals surface area (Å²) in [5.74, 6) is 0.0475. The molecule has 8 heteroatoms. The normalized spacial score (nSPS) is 13.3. The average Bonchev–Trinajstić information content (AvgIpc) is 3.49. The third-order valence-corrected chi connectivity index (χ3v) is 5.93. The largest absolute Gasteiger partial charge is 0.490 e. The van der Waals surface area contributed by atoms with E-state index in [1.165, 1.54) is 18.3 Å². The van der Waals surface area contributed by atoms with Gasteiger partial charge in [0.05, 0.1) is 23.5 Å². The third-order valence-electron chi connectivity index (χ3n) is 5.93. The summed E-state index contributed by atoms with van der Waals surface area (Å²) in [7, 11) is 1.69. The highest BCUT2D eigenvalue weighted by atomic mass is 19.1. The minimum absolute atomic E-state index is 0.116. The van der Waals surface area contributed by atoms with Crippen LogP contribution in [0.2, 0.25) is 0 Å². The Balaban J connectivity index is 1.44. The lowest BCUT2D eigenvalue weighted by Gasteiger charge is -2.19. The number of carbonyl (C=O) groups is 1. The number of amides is 1. The lowest BCUT2D eigenvalue weighted by atomic mass is 10.00. The number of nitrogens with one attached hydrogen (secondary N) is 1. The molecule has 0 unspecified atom stereocenters. The lowest BCUT2D eigenvalue weighted by molar-refractivity contribution is 0.0785. The van der Waals surface area contributed by atoms with Gasteiger partial charge in [-0.25, -0.2) is 8.78 Å². The van der Waals surface area contributed by atoms with Crippen LogP contribution in [0.5, 0.6) is 5.75 Å². The number of alkyl halides is 1. The number of rotatable bonds is 7. The Hall–Kier alpha value is -3.81. The molecule has 0 saturated heterocycles. The third kappa shape index (κ3) is 4.35. The number of hydrogen-bond donors (Lipinski definition) is 1. The standard InChI is InChI=1S/C26H24F2N4O2/c1-15-7-17(9-19(28)8-15)21-6-3-16(10-24(21)34-20-4-5-20)26(33)32(2)14-18-12-29-23(11-27)22-13-30-31-25(18)22/h3,6-10,12-13,20H,4-5,11,14H2,1-2H3,(H,30,31). The van der Waals surface area contributed by atoms with E-state index >= 15 is 0 Å². The molecule has 174 valence electrons. The van der Waals surface area contributed by atoms with Crippen molar-refractivity contribution in [2.45, 2.75) is 39.1 Å². The summed E-state index contributed by atoms with van der Waals surface area (Å²) in [5, 5.41) is 7.48. The number of ether oxygens (including phenoxy) is 1. The number of fused-ring (bicyclic) bond motifs is 1. The molecule has 0 bridgehead atoms. The Labute approximate surface area is 195 Å². The Morgan fingerprint density at radius 1 is 1.21 bits per heavy atom. The Kier molecular flexibility index (Phi) is 5.73. The fraction of sp³-hybridized carbons (Fsp3) is 0.269. The number of H-pyrrole nitrogens is 1. The highest BCUT2D eigenvalue weighted by Crippen LogP contribution is 2.36. The average molecular weight is 463 g/mol. The minimum atomic E-state index is -0.688. The number of pyridine rings is 1. The number of nitrogens with zero attached hydrogens (tertiary/aromatic N) is 3. The second-order valence-corrected chi connectivity index (χ2v) is 8.73. The quantitative estimate of drug-likeness (QED) is 0.402. The van der Waals surface area contributed by atoms with Crippen molar-refractivity contribution < 1.29 is 18.3 Å². The SMILES string of the molecule is Cc1cc(F)cc(-c2ccc(C(=O)N(C)Cc3cnc(CF)c4cn[nH]c34)cc2OC2CC2)c1. The molecule has 1 aliphatic carbocycles. The summed E-state index contributed by atoms with van der Waals surface area (Å²) in [6, 6.07) is 10.1. The predicted molar refractivity (Wildman–Crippen MR) is 125 cm³/mol. The van der Waals surface area contributed by atoms with E-state index in [0.717, 1.165) is 29.5 Å². The van der Waals surface area contributed by atoms with Gasteiger partial charge in [-0.2, -0.15) is 5.10 Å². The Morgan fingerprint density at radius 3 is 2.76 bits per heavy atom. The smallest absolute Gasteiger partial charge is 0.254 e. The van der Waals surface area contributed by atoms with Gasteiger partial charge in [0.1, 0.15) is 18.2 Å². The molecule has 6 nitrogen and oxygen atoms in total. The zero-order valence-electron chi connectivity index (χ0n) is 18.9. The first-order chi connectivity index (χ1) is 16.4. The van der Waals surface area contributed by atoms with Gasteiger partial charge in [0.2, 0.25) is 0 Å². The number of halogens is 2. The minimum Gasteiger partial charge on any atom is -0.490 e. The molecule has 1 fully saturated rings. The summed E-state index contributed by atoms with van der Waals surface area (Å²) in [5.41, 5.74) is 4.44. The molecule has 2 aromatic heterocycles. The predicted octanol–water partition coefficient (Wildman–Crippen LogP) is 5.36. The molecule has 1 amide bonds. The van der Waals surface area contributed by atoms with E-state index in [-0.39, 0.29) is 24.4 Å². The first-order valence-corrected chi connectivity index (χ1v) is 11.1. The molecule has 0 radical (unpaired) electrons. The van der Waals surface area contributed by atoms with Crippen LogP contribution >= 0.6 is 0 Å². The fourth-order valence-corrected chi connectivity index (χ4v) is 4.06. The highest BCUT2D eigenvalue weighted by molar-refractivity contribution is 5.96. The Morgan fingerprint density at radius 2 is 2.03 bits per heavy atom. The van der Waals surface area contributed by atoms with Crippen LogP contribution in [0.4, 0.5) is 8.78 Å². The van der Waals surface area contributed by atoms with Crippen LogP contribution in [0.15, 0.2) is 48.8 Å². The van der Waals surface area contributed by atoms with Crippen LogP contribution < -0.4 is 4.74 Å². The fourth-order valence-electron chi connectivity index (χ4n) is 4.06. The van der Waals surface area contributed by atoms with Gasteiger partial charge in [0, 0.05) is 41.9 Å². The van der Waals surface area contributed by atoms with E-state index in [4.69, 9.17) is 4.74 Å². The highest BCUT2D eigenvalue weighted by Gasteiger charge is 2.26. The van der Waals surface area contributed by atoms with Gasteiger partial charge < -0.3 is 9.64 Å². The number of aromatic nitrogens is 3. The molecule has 34 heavy (non-hydrogen) atoms. The maximum Gasteiger partial charge on any atom is 0.254 e. The molecule has 0 spiro atoms. The number of aryl methyl sites for hydroxylation is 1. The topological polar surface area (TPSA) is 71.1 Å². The van der Waals surface area contributed by atoms with Crippen LogP contribution in [0, 0.1) is 12.7 Å². The van der Waals surface area contributed by atoms with E-state index < -0.39 is 6.67 Å². The summed E-state index contributed by atoms with van der Waals surface area (Å²) >= 11 is 0. The summed E-state index contributed by atoms with van der Waals surface area (Å²) < 4.78 is 33.3. The molecule has 2 aromatic carbocycles. The van der Waals surface area contributed by atoms with Crippen LogP contribution in [-0.4, -0.2) is 39.1 Å². The molecule has 2 heterocycles. The molecule has 0 aliphatic heterocycles. The van der Waals surface area contributed by atoms with Crippen molar-refractivity contribution in [3.8, 4) is 16.9 Å². The number of aromatic amines is 1. The maximum atomic E-state index is 14.0. The van der Waals surface area contributed by atoms with Crippen molar-refractivity contribution in [1.29, 1.82) is 0 Å². The van der Waals surface area contributed by atoms with E-state index in [1.54, 1.807) is 36.3 Å². The molecular formula is C26H24F2N4O2. The van der Waals surface area contributed by atoms with Gasteiger partial charge in [0.25, 0.3) is 5.91 Å². The first-order valence-electron chi connectivity index (χ1n) is 11.1. The van der Waals surface area contributed by atoms with Crippen molar-refractivity contribution >= 4 is 16.8 Å². The summed E-state index contributed by atoms with van der Waals surface area (Å²) in [6.07, 6.45) is 5.14. The number of carbonyl (C=O) groups excluding carboxylic acids is 1. The first kappa shape index (κ1) is 22.0. The Bertz CT molecular complexity index is 1360. The van der Waals surface area contributed by atoms with Crippen molar-refractivity contribution in [3.63, 3.8) is 0 Å². The van der Waals surface area contributed by atoms with E-state index in [0.29, 0.717) is 33.5 Å². The second kappa shape index (κ2) is 8.85. The molecule has 0 atom stereocenters. The van der Waals surface area contributed by atoms with Crippen LogP contribution in [0.25, 0.3) is 22.0 Å². The maximum absolute atomic E-state index is 14.0. The van der Waals surface area contributed by atoms with Crippen LogP contribution in [0.1, 0.15) is 40.0 Å². The van der Waals surface area contributed by atoms with Crippen LogP contribution in [-0.2, 0) is 13.2 Å². The van der Waals surface area contributed by atoms with Gasteiger partial charge in [0.15, 0.2) is 0 Å². The van der Waals surface area contributed by atoms with Gasteiger partial charge in [-0.15, -0.1) is 0 Å². The van der Waals surface area contributed by atoms with Crippen LogP contribution in [0.3, 0.4) is 0 Å². The zero-order valence-corrected chi connectivity index (χ0v) is 18.9. The molecule has 5 rings (SSSR count). The van der Waals surface area contributed by atoms with Gasteiger partial charge in [-0.1, -0.05) is 6.07 Å². The van der Waals surface area contributed by atoms with Crippen molar-refractivity contribution in [3.05, 3.63) is 77.0 Å². The summed E-state index contributed by atoms with van der Waals surface area (Å²) in [6.45, 7) is 1.42. The van der Waals surface area contributed by atoms with E-state index in [9.17, 15) is 13.6 Å². The lowest BCUT2D eigenvalue weighted by Crippen LogP contribution is -2.26. The van der Waals surface area contributed by atoms with Crippen molar-refractivity contribution in [2.24, 2.45) is 0 Å². The second-order valence-electron chi connectivity index (χ2n) is 8.73. The number of hydrogen-bond acceptors (Lipinski definition) is 4. The number of benzene rings is 2. The molecule has 4 aromatic rings. The molecular weight excluding hydrogens is 438 g/mol. The van der Waals surface area contributed by atoms with E-state index in [2.05, 4.69) is 15.2 Å². The van der Waals surface area contributed by atoms with Gasteiger partial charge >= 0.3 is 0 Å². The van der Waals surface area contributed by atoms with Crippen molar-refractivity contribution in [2.75, 3.05) is 7.05 Å². The molecule has 1 aliphatic rings. The zero-order chi connectivity index (χ0) is 23.8. The molecule has 1 N–H and O–H groups in total. The van der Waals surface area contributed by atoms with Gasteiger partial charge in [-0.05, 0) is 61.2 Å². The summed E-state index contributed by atoms with van der Waals surface area (Å²) in [4.78, 5) is 19.0. The molecule has 1 saturated carbocycles.